The van der Waals surface area contributed by atoms with Crippen LogP contribution >= 0.6 is 0 Å². The summed E-state index contributed by atoms with van der Waals surface area (Å²) in [6, 6.07) is 16.6. The third-order valence-electron chi connectivity index (χ3n) is 8.42. The van der Waals surface area contributed by atoms with Gasteiger partial charge >= 0.3 is 0 Å². The topological polar surface area (TPSA) is 73.9 Å². The molecular weight excluding hydrogens is 512 g/mol. The summed E-state index contributed by atoms with van der Waals surface area (Å²) in [5.41, 5.74) is 3.70. The van der Waals surface area contributed by atoms with Crippen molar-refractivity contribution < 1.29 is 14.3 Å². The van der Waals surface area contributed by atoms with Crippen LogP contribution in [-0.4, -0.2) is 69.2 Å². The zero-order chi connectivity index (χ0) is 28.7. The Morgan fingerprint density at radius 1 is 0.902 bits per heavy atom. The van der Waals surface area contributed by atoms with Crippen LogP contribution < -0.4 is 15.5 Å². The van der Waals surface area contributed by atoms with E-state index in [-0.39, 0.29) is 11.8 Å². The molecular formula is C34H50N4O3. The van der Waals surface area contributed by atoms with Crippen LogP contribution in [0, 0.1) is 5.92 Å². The molecule has 0 radical (unpaired) electrons. The number of nitrogens with zero attached hydrogens (tertiary/aromatic N) is 2. The number of amides is 2. The normalized spacial score (nSPS) is 16.5. The van der Waals surface area contributed by atoms with Gasteiger partial charge in [0.1, 0.15) is 0 Å². The van der Waals surface area contributed by atoms with E-state index in [0.717, 1.165) is 83.7 Å². The van der Waals surface area contributed by atoms with Crippen LogP contribution in [0.1, 0.15) is 80.6 Å². The van der Waals surface area contributed by atoms with Gasteiger partial charge in [-0.1, -0.05) is 69.4 Å². The fourth-order valence-electron chi connectivity index (χ4n) is 5.93. The van der Waals surface area contributed by atoms with Crippen molar-refractivity contribution in [2.24, 2.45) is 5.92 Å². The van der Waals surface area contributed by atoms with Crippen molar-refractivity contribution in [3.8, 4) is 0 Å². The average Bonchev–Trinajstić information content (AvgIpc) is 3.00. The standard InChI is InChI=1S/C34H50N4O3/c1-2-3-4-5-6-10-13-33(39)36-30-14-15-32(31(27-30)34(40)35-18-21-37-22-24-41-25-23-37)38-19-16-29(17-20-38)26-28-11-8-7-9-12-28/h7-9,11-12,14-15,27,29H,2-6,10,13,16-26H2,1H3,(H,35,40)(H,36,39). The Labute approximate surface area is 247 Å². The second-order valence-electron chi connectivity index (χ2n) is 11.6. The highest BCUT2D eigenvalue weighted by molar-refractivity contribution is 6.02. The van der Waals surface area contributed by atoms with Crippen LogP contribution in [-0.2, 0) is 16.0 Å². The Kier molecular flexibility index (Phi) is 13.0. The maximum Gasteiger partial charge on any atom is 0.253 e. The monoisotopic (exact) mass is 562 g/mol. The molecule has 2 saturated heterocycles. The lowest BCUT2D eigenvalue weighted by Gasteiger charge is -2.35. The van der Waals surface area contributed by atoms with E-state index in [9.17, 15) is 9.59 Å². The molecule has 2 aromatic carbocycles. The van der Waals surface area contributed by atoms with Crippen molar-refractivity contribution in [2.45, 2.75) is 71.1 Å². The minimum Gasteiger partial charge on any atom is -0.379 e. The van der Waals surface area contributed by atoms with Gasteiger partial charge in [0.05, 0.1) is 18.8 Å². The predicted octanol–water partition coefficient (Wildman–Crippen LogP) is 5.90. The minimum atomic E-state index is -0.0771. The first-order chi connectivity index (χ1) is 20.1. The number of ether oxygens (including phenoxy) is 1. The van der Waals surface area contributed by atoms with Crippen molar-refractivity contribution >= 4 is 23.2 Å². The molecule has 7 heteroatoms. The smallest absolute Gasteiger partial charge is 0.253 e. The Morgan fingerprint density at radius 3 is 2.39 bits per heavy atom. The highest BCUT2D eigenvalue weighted by Crippen LogP contribution is 2.30. The fraction of sp³-hybridized carbons (Fsp3) is 0.588. The molecule has 7 nitrogen and oxygen atoms in total. The van der Waals surface area contributed by atoms with Crippen molar-refractivity contribution in [1.29, 1.82) is 0 Å². The Balaban J connectivity index is 1.36. The van der Waals surface area contributed by atoms with Gasteiger partial charge in [0.15, 0.2) is 0 Å². The van der Waals surface area contributed by atoms with E-state index in [0.29, 0.717) is 30.1 Å². The van der Waals surface area contributed by atoms with Gasteiger partial charge in [-0.3, -0.25) is 14.5 Å². The zero-order valence-corrected chi connectivity index (χ0v) is 25.0. The van der Waals surface area contributed by atoms with E-state index < -0.39 is 0 Å². The molecule has 0 atom stereocenters. The number of benzene rings is 2. The highest BCUT2D eigenvalue weighted by atomic mass is 16.5. The van der Waals surface area contributed by atoms with Crippen LogP contribution in [0.4, 0.5) is 11.4 Å². The molecule has 0 unspecified atom stereocenters. The van der Waals surface area contributed by atoms with Gasteiger partial charge in [-0.15, -0.1) is 0 Å². The number of hydrogen-bond donors (Lipinski definition) is 2. The van der Waals surface area contributed by atoms with E-state index in [1.165, 1.54) is 31.2 Å². The van der Waals surface area contributed by atoms with Crippen molar-refractivity contribution in [3.05, 3.63) is 59.7 Å². The average molecular weight is 563 g/mol. The van der Waals surface area contributed by atoms with Gasteiger partial charge in [-0.25, -0.2) is 0 Å². The number of rotatable bonds is 15. The van der Waals surface area contributed by atoms with Gasteiger partial charge in [0.25, 0.3) is 5.91 Å². The molecule has 4 rings (SSSR count). The molecule has 0 aromatic heterocycles. The van der Waals surface area contributed by atoms with Gasteiger partial charge in [0.2, 0.25) is 5.91 Å². The summed E-state index contributed by atoms with van der Waals surface area (Å²) < 4.78 is 5.44. The summed E-state index contributed by atoms with van der Waals surface area (Å²) >= 11 is 0. The van der Waals surface area contributed by atoms with Crippen LogP contribution in [0.2, 0.25) is 0 Å². The molecule has 41 heavy (non-hydrogen) atoms. The molecule has 2 aromatic rings. The number of carbonyl (C=O) groups excluding carboxylic acids is 2. The molecule has 0 spiro atoms. The summed E-state index contributed by atoms with van der Waals surface area (Å²) in [4.78, 5) is 30.8. The highest BCUT2D eigenvalue weighted by Gasteiger charge is 2.24. The Morgan fingerprint density at radius 2 is 1.63 bits per heavy atom. The molecule has 0 bridgehead atoms. The van der Waals surface area contributed by atoms with E-state index >= 15 is 0 Å². The number of anilines is 2. The molecule has 2 aliphatic heterocycles. The second kappa shape index (κ2) is 17.1. The van der Waals surface area contributed by atoms with Crippen molar-refractivity contribution in [3.63, 3.8) is 0 Å². The number of morpholine rings is 1. The summed E-state index contributed by atoms with van der Waals surface area (Å²) in [5.74, 6) is 0.598. The third kappa shape index (κ3) is 10.5. The quantitative estimate of drug-likeness (QED) is 0.265. The molecule has 2 amide bonds. The number of unbranched alkanes of at least 4 members (excludes halogenated alkanes) is 5. The van der Waals surface area contributed by atoms with Gasteiger partial charge < -0.3 is 20.3 Å². The first-order valence-corrected chi connectivity index (χ1v) is 15.9. The maximum absolute atomic E-state index is 13.5. The van der Waals surface area contributed by atoms with Crippen molar-refractivity contribution in [2.75, 3.05) is 62.7 Å². The fourth-order valence-corrected chi connectivity index (χ4v) is 5.93. The van der Waals surface area contributed by atoms with E-state index in [1.807, 2.05) is 18.2 Å². The molecule has 2 N–H and O–H groups in total. The SMILES string of the molecule is CCCCCCCCC(=O)Nc1ccc(N2CCC(Cc3ccccc3)CC2)c(C(=O)NCCN2CCOCC2)c1. The van der Waals surface area contributed by atoms with Crippen LogP contribution in [0.3, 0.4) is 0 Å². The lowest BCUT2D eigenvalue weighted by molar-refractivity contribution is -0.116. The molecule has 224 valence electrons. The van der Waals surface area contributed by atoms with Crippen LogP contribution in [0.15, 0.2) is 48.5 Å². The molecule has 2 heterocycles. The second-order valence-corrected chi connectivity index (χ2v) is 11.6. The largest absolute Gasteiger partial charge is 0.379 e. The molecule has 0 aliphatic carbocycles. The number of hydrogen-bond acceptors (Lipinski definition) is 5. The minimum absolute atomic E-state index is 0.0219. The van der Waals surface area contributed by atoms with Crippen LogP contribution in [0.5, 0.6) is 0 Å². The summed E-state index contributed by atoms with van der Waals surface area (Å²) in [5, 5.41) is 6.20. The lowest BCUT2D eigenvalue weighted by Crippen LogP contribution is -2.41. The van der Waals surface area contributed by atoms with E-state index in [1.54, 1.807) is 0 Å². The summed E-state index contributed by atoms with van der Waals surface area (Å²) in [6.07, 6.45) is 10.7. The Hall–Kier alpha value is -2.90. The maximum atomic E-state index is 13.5. The molecule has 2 aliphatic rings. The number of nitrogens with one attached hydrogen (secondary N) is 2. The predicted molar refractivity (Wildman–Crippen MR) is 168 cm³/mol. The van der Waals surface area contributed by atoms with Gasteiger partial charge in [0, 0.05) is 57.1 Å². The lowest BCUT2D eigenvalue weighted by atomic mass is 9.89. The number of carbonyl (C=O) groups is 2. The first kappa shape index (κ1) is 31.0. The first-order valence-electron chi connectivity index (χ1n) is 15.9. The van der Waals surface area contributed by atoms with E-state index in [2.05, 4.69) is 57.7 Å². The molecule has 2 fully saturated rings. The van der Waals surface area contributed by atoms with Gasteiger partial charge in [-0.05, 0) is 55.4 Å². The Bertz CT molecular complexity index is 1060. The third-order valence-corrected chi connectivity index (χ3v) is 8.42. The van der Waals surface area contributed by atoms with Crippen molar-refractivity contribution in [1.82, 2.24) is 10.2 Å². The summed E-state index contributed by atoms with van der Waals surface area (Å²) in [7, 11) is 0. The van der Waals surface area contributed by atoms with Gasteiger partial charge in [-0.2, -0.15) is 0 Å². The van der Waals surface area contributed by atoms with Crippen LogP contribution in [0.25, 0.3) is 0 Å². The van der Waals surface area contributed by atoms with E-state index in [4.69, 9.17) is 4.74 Å². The zero-order valence-electron chi connectivity index (χ0n) is 25.0. The molecule has 0 saturated carbocycles. The summed E-state index contributed by atoms with van der Waals surface area (Å²) in [6.45, 7) is 8.77. The number of piperidine rings is 1.